The molecule has 1 aliphatic heterocycles. The molecule has 1 aliphatic rings. The SMILES string of the molecule is FC(F)(Cl)C1CN=CO1. The molecule has 1 heterocycles. The van der Waals surface area contributed by atoms with Crippen LogP contribution in [0.25, 0.3) is 0 Å². The quantitative estimate of drug-likeness (QED) is 0.522. The van der Waals surface area contributed by atoms with Gasteiger partial charge in [-0.1, -0.05) is 0 Å². The Morgan fingerprint density at radius 3 is 2.67 bits per heavy atom. The zero-order chi connectivity index (χ0) is 6.91. The van der Waals surface area contributed by atoms with E-state index in [0.717, 1.165) is 6.40 Å². The smallest absolute Gasteiger partial charge is 0.359 e. The molecule has 1 atom stereocenters. The number of alkyl halides is 3. The largest absolute Gasteiger partial charge is 0.471 e. The number of aliphatic imine (C=N–C) groups is 1. The van der Waals surface area contributed by atoms with Crippen molar-refractivity contribution in [2.75, 3.05) is 6.54 Å². The summed E-state index contributed by atoms with van der Waals surface area (Å²) in [4.78, 5) is 3.42. The Balaban J connectivity index is 2.46. The fourth-order valence-electron chi connectivity index (χ4n) is 0.479. The van der Waals surface area contributed by atoms with E-state index < -0.39 is 11.5 Å². The first-order valence-corrected chi connectivity index (χ1v) is 2.69. The topological polar surface area (TPSA) is 21.6 Å². The minimum atomic E-state index is -3.30. The van der Waals surface area contributed by atoms with E-state index in [4.69, 9.17) is 0 Å². The molecule has 0 saturated carbocycles. The summed E-state index contributed by atoms with van der Waals surface area (Å²) < 4.78 is 28.3. The minimum absolute atomic E-state index is 0.0590. The number of nitrogens with zero attached hydrogens (tertiary/aromatic N) is 1. The summed E-state index contributed by atoms with van der Waals surface area (Å²) in [6.07, 6.45) is -0.291. The van der Waals surface area contributed by atoms with E-state index in [1.165, 1.54) is 0 Å². The Hall–Kier alpha value is -0.380. The van der Waals surface area contributed by atoms with E-state index in [-0.39, 0.29) is 6.54 Å². The van der Waals surface area contributed by atoms with Gasteiger partial charge in [-0.05, 0) is 11.6 Å². The van der Waals surface area contributed by atoms with Gasteiger partial charge in [0, 0.05) is 0 Å². The van der Waals surface area contributed by atoms with Crippen LogP contribution < -0.4 is 0 Å². The Kier molecular flexibility index (Phi) is 1.57. The maximum Gasteiger partial charge on any atom is 0.359 e. The molecule has 1 unspecified atom stereocenters. The Bertz CT molecular complexity index is 125. The van der Waals surface area contributed by atoms with Crippen LogP contribution in [0.5, 0.6) is 0 Å². The molecule has 5 heteroatoms. The van der Waals surface area contributed by atoms with Crippen LogP contribution in [0.3, 0.4) is 0 Å². The number of halogens is 3. The summed E-state index contributed by atoms with van der Waals surface area (Å²) in [6.45, 7) is -0.0590. The van der Waals surface area contributed by atoms with Gasteiger partial charge in [-0.25, -0.2) is 0 Å². The van der Waals surface area contributed by atoms with E-state index in [1.807, 2.05) is 0 Å². The van der Waals surface area contributed by atoms with Crippen LogP contribution >= 0.6 is 11.6 Å². The molecule has 9 heavy (non-hydrogen) atoms. The average Bonchev–Trinajstić information content (AvgIpc) is 2.08. The molecule has 0 radical (unpaired) electrons. The zero-order valence-electron chi connectivity index (χ0n) is 4.35. The Morgan fingerprint density at radius 1 is 1.78 bits per heavy atom. The second-order valence-corrected chi connectivity index (χ2v) is 2.14. The molecule has 0 N–H and O–H groups in total. The maximum absolute atomic E-state index is 12.0. The van der Waals surface area contributed by atoms with Gasteiger partial charge in [0.2, 0.25) is 0 Å². The monoisotopic (exact) mass is 155 g/mol. The third kappa shape index (κ3) is 1.51. The molecule has 2 nitrogen and oxygen atoms in total. The Labute approximate surface area is 55.5 Å². The zero-order valence-corrected chi connectivity index (χ0v) is 5.11. The van der Waals surface area contributed by atoms with Crippen molar-refractivity contribution in [1.82, 2.24) is 0 Å². The first-order chi connectivity index (χ1) is 4.11. The van der Waals surface area contributed by atoms with Gasteiger partial charge in [-0.15, -0.1) is 0 Å². The first-order valence-electron chi connectivity index (χ1n) is 2.31. The van der Waals surface area contributed by atoms with Crippen LogP contribution in [0.1, 0.15) is 0 Å². The van der Waals surface area contributed by atoms with Gasteiger partial charge < -0.3 is 4.74 Å². The van der Waals surface area contributed by atoms with E-state index in [0.29, 0.717) is 0 Å². The van der Waals surface area contributed by atoms with Crippen molar-refractivity contribution in [3.8, 4) is 0 Å². The van der Waals surface area contributed by atoms with Crippen LogP contribution in [0, 0.1) is 0 Å². The molecule has 0 aromatic carbocycles. The van der Waals surface area contributed by atoms with Gasteiger partial charge in [0.1, 0.15) is 0 Å². The number of hydrogen-bond donors (Lipinski definition) is 0. The second-order valence-electron chi connectivity index (χ2n) is 1.64. The molecule has 0 bridgehead atoms. The molecule has 0 amide bonds. The van der Waals surface area contributed by atoms with Crippen molar-refractivity contribution in [3.63, 3.8) is 0 Å². The molecule has 0 fully saturated rings. The van der Waals surface area contributed by atoms with Gasteiger partial charge in [0.05, 0.1) is 6.54 Å². The lowest BCUT2D eigenvalue weighted by Crippen LogP contribution is -2.29. The number of ether oxygens (including phenoxy) is 1. The third-order valence-electron chi connectivity index (χ3n) is 0.936. The fraction of sp³-hybridized carbons (Fsp3) is 0.750. The lowest BCUT2D eigenvalue weighted by molar-refractivity contribution is -0.0148. The Morgan fingerprint density at radius 2 is 2.44 bits per heavy atom. The molecule has 0 saturated heterocycles. The normalized spacial score (nSPS) is 26.3. The summed E-state index contributed by atoms with van der Waals surface area (Å²) in [7, 11) is 0. The molecule has 0 aromatic heterocycles. The van der Waals surface area contributed by atoms with Crippen molar-refractivity contribution >= 4 is 18.0 Å². The lowest BCUT2D eigenvalue weighted by Gasteiger charge is -2.13. The highest BCUT2D eigenvalue weighted by molar-refractivity contribution is 6.22. The van der Waals surface area contributed by atoms with Gasteiger partial charge >= 0.3 is 5.38 Å². The highest BCUT2D eigenvalue weighted by Crippen LogP contribution is 2.27. The molecule has 0 aliphatic carbocycles. The standard InChI is InChI=1S/C4H4ClF2NO/c5-4(6,7)3-1-8-2-9-3/h2-3H,1H2. The van der Waals surface area contributed by atoms with Crippen molar-refractivity contribution in [2.24, 2.45) is 4.99 Å². The third-order valence-corrected chi connectivity index (χ3v) is 1.18. The molecule has 1 rings (SSSR count). The van der Waals surface area contributed by atoms with Crippen LogP contribution in [-0.4, -0.2) is 24.4 Å². The van der Waals surface area contributed by atoms with E-state index >= 15 is 0 Å². The number of rotatable bonds is 1. The molecule has 0 spiro atoms. The van der Waals surface area contributed by atoms with Crippen molar-refractivity contribution in [2.45, 2.75) is 11.5 Å². The highest BCUT2D eigenvalue weighted by atomic mass is 35.5. The van der Waals surface area contributed by atoms with E-state index in [2.05, 4.69) is 21.3 Å². The fourth-order valence-corrected chi connectivity index (χ4v) is 0.599. The van der Waals surface area contributed by atoms with Crippen LogP contribution in [0.2, 0.25) is 0 Å². The summed E-state index contributed by atoms with van der Waals surface area (Å²) in [6, 6.07) is 0. The first kappa shape index (κ1) is 6.74. The van der Waals surface area contributed by atoms with Crippen molar-refractivity contribution in [1.29, 1.82) is 0 Å². The van der Waals surface area contributed by atoms with E-state index in [1.54, 1.807) is 0 Å². The summed E-state index contributed by atoms with van der Waals surface area (Å²) in [5.74, 6) is 0. The molecular formula is C4H4ClF2NO. The molecular weight excluding hydrogens is 151 g/mol. The van der Waals surface area contributed by atoms with Crippen molar-refractivity contribution in [3.05, 3.63) is 0 Å². The predicted octanol–water partition coefficient (Wildman–Crippen LogP) is 1.25. The van der Waals surface area contributed by atoms with Crippen LogP contribution in [0.15, 0.2) is 4.99 Å². The predicted molar refractivity (Wildman–Crippen MR) is 29.0 cm³/mol. The van der Waals surface area contributed by atoms with E-state index in [9.17, 15) is 8.78 Å². The summed E-state index contributed by atoms with van der Waals surface area (Å²) in [5, 5.41) is -3.30. The average molecular weight is 156 g/mol. The highest BCUT2D eigenvalue weighted by Gasteiger charge is 2.40. The minimum Gasteiger partial charge on any atom is -0.471 e. The summed E-state index contributed by atoms with van der Waals surface area (Å²) >= 11 is 4.60. The van der Waals surface area contributed by atoms with Crippen molar-refractivity contribution < 1.29 is 13.5 Å². The van der Waals surface area contributed by atoms with Crippen LogP contribution in [-0.2, 0) is 4.74 Å². The number of hydrogen-bond acceptors (Lipinski definition) is 2. The maximum atomic E-state index is 12.0. The summed E-state index contributed by atoms with van der Waals surface area (Å²) in [5.41, 5.74) is 0. The molecule has 52 valence electrons. The second kappa shape index (κ2) is 2.10. The van der Waals surface area contributed by atoms with Crippen LogP contribution in [0.4, 0.5) is 8.78 Å². The van der Waals surface area contributed by atoms with Gasteiger partial charge in [0.15, 0.2) is 12.5 Å². The molecule has 0 aromatic rings. The van der Waals surface area contributed by atoms with Gasteiger partial charge in [-0.2, -0.15) is 8.78 Å². The van der Waals surface area contributed by atoms with Gasteiger partial charge in [0.25, 0.3) is 0 Å². The lowest BCUT2D eigenvalue weighted by atomic mass is 10.4. The van der Waals surface area contributed by atoms with Gasteiger partial charge in [-0.3, -0.25) is 4.99 Å².